The molecule has 0 spiro atoms. The van der Waals surface area contributed by atoms with E-state index in [2.05, 4.69) is 10.1 Å². The van der Waals surface area contributed by atoms with Crippen LogP contribution in [0, 0.1) is 5.92 Å². The first-order chi connectivity index (χ1) is 10.8. The number of hydrogen-bond acceptors (Lipinski definition) is 4. The molecule has 1 amide bonds. The summed E-state index contributed by atoms with van der Waals surface area (Å²) in [6.45, 7) is 2.60. The zero-order valence-electron chi connectivity index (χ0n) is 13.9. The van der Waals surface area contributed by atoms with Crippen molar-refractivity contribution in [1.29, 1.82) is 0 Å². The predicted octanol–water partition coefficient (Wildman–Crippen LogP) is 2.68. The van der Waals surface area contributed by atoms with Gasteiger partial charge in [0, 0.05) is 6.61 Å². The number of carbonyl (C=O) groups is 2. The highest BCUT2D eigenvalue weighted by Gasteiger charge is 2.40. The summed E-state index contributed by atoms with van der Waals surface area (Å²) < 4.78 is 36.6. The Morgan fingerprint density at radius 1 is 1.26 bits per heavy atom. The highest BCUT2D eigenvalue weighted by molar-refractivity contribution is 5.80. The molecule has 7 heteroatoms. The maximum absolute atomic E-state index is 13.4. The van der Waals surface area contributed by atoms with Crippen LogP contribution in [0.1, 0.15) is 52.4 Å². The number of esters is 1. The van der Waals surface area contributed by atoms with Gasteiger partial charge in [0.25, 0.3) is 0 Å². The van der Waals surface area contributed by atoms with Crippen LogP contribution in [0.5, 0.6) is 0 Å². The van der Waals surface area contributed by atoms with E-state index < -0.39 is 24.3 Å². The summed E-state index contributed by atoms with van der Waals surface area (Å²) >= 11 is 0. The molecule has 1 aliphatic carbocycles. The Hall–Kier alpha value is -1.24. The predicted molar refractivity (Wildman–Crippen MR) is 81.2 cm³/mol. The topological polar surface area (TPSA) is 64.6 Å². The largest absolute Gasteiger partial charge is 0.462 e. The average Bonchev–Trinajstić information content (AvgIpc) is 2.52. The van der Waals surface area contributed by atoms with Crippen molar-refractivity contribution in [2.75, 3.05) is 19.8 Å². The molecule has 0 saturated heterocycles. The highest BCUT2D eigenvalue weighted by Crippen LogP contribution is 2.24. The van der Waals surface area contributed by atoms with Crippen LogP contribution in [0.3, 0.4) is 0 Å². The zero-order valence-corrected chi connectivity index (χ0v) is 13.9. The number of amides is 1. The van der Waals surface area contributed by atoms with Crippen LogP contribution in [0.25, 0.3) is 0 Å². The Labute approximate surface area is 136 Å². The minimum atomic E-state index is -3.71. The SMILES string of the molecule is CCOC(=O)C(F)(F)CNC(=O)CC(C)OCC1CCCCC1. The fourth-order valence-electron chi connectivity index (χ4n) is 2.56. The van der Waals surface area contributed by atoms with Crippen molar-refractivity contribution >= 4 is 11.9 Å². The molecule has 0 aliphatic heterocycles. The molecule has 1 rings (SSSR count). The van der Waals surface area contributed by atoms with E-state index in [0.717, 1.165) is 12.8 Å². The van der Waals surface area contributed by atoms with Crippen molar-refractivity contribution < 1.29 is 27.8 Å². The lowest BCUT2D eigenvalue weighted by Crippen LogP contribution is -2.43. The normalized spacial score (nSPS) is 17.6. The summed E-state index contributed by atoms with van der Waals surface area (Å²) in [5.41, 5.74) is 0. The van der Waals surface area contributed by atoms with E-state index in [9.17, 15) is 18.4 Å². The third kappa shape index (κ3) is 7.72. The van der Waals surface area contributed by atoms with Crippen LogP contribution in [-0.2, 0) is 19.1 Å². The van der Waals surface area contributed by atoms with E-state index in [1.807, 2.05) is 0 Å². The maximum Gasteiger partial charge on any atom is 0.378 e. The van der Waals surface area contributed by atoms with Crippen LogP contribution in [0.4, 0.5) is 8.78 Å². The van der Waals surface area contributed by atoms with Gasteiger partial charge in [-0.2, -0.15) is 8.78 Å². The van der Waals surface area contributed by atoms with Crippen molar-refractivity contribution in [1.82, 2.24) is 5.32 Å². The van der Waals surface area contributed by atoms with E-state index in [0.29, 0.717) is 12.5 Å². The molecule has 134 valence electrons. The van der Waals surface area contributed by atoms with Gasteiger partial charge in [-0.05, 0) is 32.6 Å². The summed E-state index contributed by atoms with van der Waals surface area (Å²) in [7, 11) is 0. The molecular formula is C16H27F2NO4. The Morgan fingerprint density at radius 2 is 1.91 bits per heavy atom. The molecule has 1 saturated carbocycles. The lowest BCUT2D eigenvalue weighted by Gasteiger charge is -2.23. The first-order valence-corrected chi connectivity index (χ1v) is 8.28. The number of nitrogens with one attached hydrogen (secondary N) is 1. The van der Waals surface area contributed by atoms with E-state index in [1.54, 1.807) is 6.92 Å². The van der Waals surface area contributed by atoms with Gasteiger partial charge < -0.3 is 14.8 Å². The molecule has 0 heterocycles. The Kier molecular flexibility index (Phi) is 8.44. The Balaban J connectivity index is 2.22. The summed E-state index contributed by atoms with van der Waals surface area (Å²) in [4.78, 5) is 22.7. The fraction of sp³-hybridized carbons (Fsp3) is 0.875. The smallest absolute Gasteiger partial charge is 0.378 e. The number of alkyl halides is 2. The van der Waals surface area contributed by atoms with Crippen molar-refractivity contribution in [2.24, 2.45) is 5.92 Å². The molecule has 0 aromatic carbocycles. The second kappa shape index (κ2) is 9.80. The molecule has 1 fully saturated rings. The van der Waals surface area contributed by atoms with Gasteiger partial charge in [-0.1, -0.05) is 19.3 Å². The quantitative estimate of drug-likeness (QED) is 0.658. The van der Waals surface area contributed by atoms with E-state index in [1.165, 1.54) is 26.2 Å². The molecule has 0 radical (unpaired) electrons. The summed E-state index contributed by atoms with van der Waals surface area (Å²) in [5, 5.41) is 2.06. The van der Waals surface area contributed by atoms with Crippen LogP contribution in [-0.4, -0.2) is 43.7 Å². The van der Waals surface area contributed by atoms with E-state index in [-0.39, 0.29) is 19.1 Å². The van der Waals surface area contributed by atoms with E-state index >= 15 is 0 Å². The van der Waals surface area contributed by atoms with Crippen molar-refractivity contribution in [3.63, 3.8) is 0 Å². The molecule has 0 aromatic heterocycles. The summed E-state index contributed by atoms with van der Waals surface area (Å²) in [6, 6.07) is 0. The molecule has 1 N–H and O–H groups in total. The summed E-state index contributed by atoms with van der Waals surface area (Å²) in [5.74, 6) is -5.37. The van der Waals surface area contributed by atoms with Gasteiger partial charge in [0.2, 0.25) is 5.91 Å². The van der Waals surface area contributed by atoms with Crippen molar-refractivity contribution in [3.8, 4) is 0 Å². The number of halogens is 2. The Bertz CT molecular complexity index is 384. The maximum atomic E-state index is 13.4. The molecule has 0 bridgehead atoms. The lowest BCUT2D eigenvalue weighted by molar-refractivity contribution is -0.170. The van der Waals surface area contributed by atoms with Crippen LogP contribution >= 0.6 is 0 Å². The van der Waals surface area contributed by atoms with Gasteiger partial charge in [-0.3, -0.25) is 4.79 Å². The number of carbonyl (C=O) groups excluding carboxylic acids is 2. The second-order valence-electron chi connectivity index (χ2n) is 6.05. The first kappa shape index (κ1) is 19.8. The second-order valence-corrected chi connectivity index (χ2v) is 6.05. The van der Waals surface area contributed by atoms with Gasteiger partial charge >= 0.3 is 11.9 Å². The van der Waals surface area contributed by atoms with Crippen molar-refractivity contribution in [3.05, 3.63) is 0 Å². The molecule has 0 aromatic rings. The van der Waals surface area contributed by atoms with Gasteiger partial charge in [0.15, 0.2) is 0 Å². The number of rotatable bonds is 9. The van der Waals surface area contributed by atoms with Gasteiger partial charge in [0.1, 0.15) is 0 Å². The minimum absolute atomic E-state index is 0.00831. The van der Waals surface area contributed by atoms with Crippen LogP contribution < -0.4 is 5.32 Å². The highest BCUT2D eigenvalue weighted by atomic mass is 19.3. The molecule has 23 heavy (non-hydrogen) atoms. The fourth-order valence-corrected chi connectivity index (χ4v) is 2.56. The van der Waals surface area contributed by atoms with Gasteiger partial charge in [-0.25, -0.2) is 4.79 Å². The lowest BCUT2D eigenvalue weighted by atomic mass is 9.90. The zero-order chi connectivity index (χ0) is 17.3. The molecule has 1 aliphatic rings. The third-order valence-corrected chi connectivity index (χ3v) is 3.90. The monoisotopic (exact) mass is 335 g/mol. The standard InChI is InChI=1S/C16H27F2NO4/c1-3-22-15(21)16(17,18)11-19-14(20)9-12(2)23-10-13-7-5-4-6-8-13/h12-13H,3-11H2,1-2H3,(H,19,20). The van der Waals surface area contributed by atoms with E-state index in [4.69, 9.17) is 4.74 Å². The van der Waals surface area contributed by atoms with Gasteiger partial charge in [0.05, 0.1) is 25.7 Å². The Morgan fingerprint density at radius 3 is 2.52 bits per heavy atom. The molecule has 5 nitrogen and oxygen atoms in total. The first-order valence-electron chi connectivity index (χ1n) is 8.28. The summed E-state index contributed by atoms with van der Waals surface area (Å²) in [6.07, 6.45) is 5.63. The molecule has 1 atom stereocenters. The number of hydrogen-bond donors (Lipinski definition) is 1. The minimum Gasteiger partial charge on any atom is -0.462 e. The third-order valence-electron chi connectivity index (χ3n) is 3.90. The van der Waals surface area contributed by atoms with Crippen LogP contribution in [0.15, 0.2) is 0 Å². The average molecular weight is 335 g/mol. The molecule has 1 unspecified atom stereocenters. The molecular weight excluding hydrogens is 308 g/mol. The number of ether oxygens (including phenoxy) is 2. The van der Waals surface area contributed by atoms with Gasteiger partial charge in [-0.15, -0.1) is 0 Å². The van der Waals surface area contributed by atoms with Crippen molar-refractivity contribution in [2.45, 2.75) is 64.4 Å². The van der Waals surface area contributed by atoms with Crippen LogP contribution in [0.2, 0.25) is 0 Å².